The van der Waals surface area contributed by atoms with Gasteiger partial charge in [0.1, 0.15) is 5.75 Å². The molecule has 0 amide bonds. The van der Waals surface area contributed by atoms with Gasteiger partial charge in [0.05, 0.1) is 14.2 Å². The molecule has 1 aliphatic rings. The van der Waals surface area contributed by atoms with Gasteiger partial charge in [0.2, 0.25) is 6.23 Å². The first-order valence-electron chi connectivity index (χ1n) is 6.07. The molecule has 1 atom stereocenters. The van der Waals surface area contributed by atoms with E-state index in [0.717, 1.165) is 22.7 Å². The minimum absolute atomic E-state index is 0.294. The van der Waals surface area contributed by atoms with Crippen LogP contribution >= 0.6 is 0 Å². The molecule has 0 aromatic heterocycles. The van der Waals surface area contributed by atoms with Gasteiger partial charge >= 0.3 is 0 Å². The Morgan fingerprint density at radius 2 is 1.79 bits per heavy atom. The quantitative estimate of drug-likeness (QED) is 0.845. The van der Waals surface area contributed by atoms with E-state index in [4.69, 9.17) is 14.3 Å². The Hall–Kier alpha value is -2.20. The zero-order valence-electron chi connectivity index (χ0n) is 10.9. The lowest BCUT2D eigenvalue weighted by molar-refractivity contribution is 0.0732. The highest BCUT2D eigenvalue weighted by molar-refractivity contribution is 5.69. The normalized spacial score (nSPS) is 16.9. The Balaban J connectivity index is 2.05. The molecule has 98 valence electrons. The summed E-state index contributed by atoms with van der Waals surface area (Å²) in [5.41, 5.74) is 1.85. The van der Waals surface area contributed by atoms with Crippen LogP contribution in [0, 0.1) is 0 Å². The molecule has 4 nitrogen and oxygen atoms in total. The number of para-hydroxylation sites is 1. The molecule has 0 N–H and O–H groups in total. The van der Waals surface area contributed by atoms with Gasteiger partial charge in [0.25, 0.3) is 0 Å². The van der Waals surface area contributed by atoms with Gasteiger partial charge in [-0.3, -0.25) is 4.84 Å². The maximum atomic E-state index is 5.96. The van der Waals surface area contributed by atoms with Crippen LogP contribution in [0.1, 0.15) is 11.8 Å². The van der Waals surface area contributed by atoms with Gasteiger partial charge < -0.3 is 9.47 Å². The highest BCUT2D eigenvalue weighted by Crippen LogP contribution is 2.48. The van der Waals surface area contributed by atoms with Crippen LogP contribution in [0.4, 0.5) is 5.69 Å². The Morgan fingerprint density at radius 3 is 2.47 bits per heavy atom. The summed E-state index contributed by atoms with van der Waals surface area (Å²) in [5, 5.41) is 1.73. The first-order valence-corrected chi connectivity index (χ1v) is 6.07. The third-order valence-corrected chi connectivity index (χ3v) is 3.14. The second kappa shape index (κ2) is 4.82. The predicted molar refractivity (Wildman–Crippen MR) is 72.3 cm³/mol. The number of benzene rings is 2. The van der Waals surface area contributed by atoms with Crippen LogP contribution in [-0.4, -0.2) is 14.2 Å². The molecule has 0 saturated carbocycles. The number of rotatable bonds is 3. The topological polar surface area (TPSA) is 30.9 Å². The summed E-state index contributed by atoms with van der Waals surface area (Å²) in [6.45, 7) is 0. The van der Waals surface area contributed by atoms with Crippen molar-refractivity contribution in [1.29, 1.82) is 0 Å². The predicted octanol–water partition coefficient (Wildman–Crippen LogP) is 3.15. The third kappa shape index (κ3) is 1.90. The molecule has 0 aliphatic carbocycles. The molecule has 19 heavy (non-hydrogen) atoms. The van der Waals surface area contributed by atoms with Crippen molar-refractivity contribution in [3.63, 3.8) is 0 Å². The van der Waals surface area contributed by atoms with Crippen LogP contribution in [0.2, 0.25) is 0 Å². The number of anilines is 1. The fourth-order valence-corrected chi connectivity index (χ4v) is 2.27. The van der Waals surface area contributed by atoms with E-state index < -0.39 is 0 Å². The molecule has 3 rings (SSSR count). The van der Waals surface area contributed by atoms with Gasteiger partial charge in [0.15, 0.2) is 11.4 Å². The minimum Gasteiger partial charge on any atom is -0.494 e. The van der Waals surface area contributed by atoms with E-state index in [0.29, 0.717) is 0 Å². The summed E-state index contributed by atoms with van der Waals surface area (Å²) in [7, 11) is 3.26. The molecule has 4 heteroatoms. The molecular weight excluding hydrogens is 242 g/mol. The van der Waals surface area contributed by atoms with Crippen molar-refractivity contribution in [2.45, 2.75) is 6.23 Å². The van der Waals surface area contributed by atoms with E-state index in [1.54, 1.807) is 19.3 Å². The van der Waals surface area contributed by atoms with E-state index in [9.17, 15) is 0 Å². The molecule has 1 unspecified atom stereocenters. The van der Waals surface area contributed by atoms with Gasteiger partial charge in [0, 0.05) is 5.56 Å². The third-order valence-electron chi connectivity index (χ3n) is 3.14. The minimum atomic E-state index is -0.294. The van der Waals surface area contributed by atoms with Crippen LogP contribution in [0.5, 0.6) is 11.5 Å². The fraction of sp³-hybridized carbons (Fsp3) is 0.200. The first-order chi connectivity index (χ1) is 9.35. The van der Waals surface area contributed by atoms with E-state index in [-0.39, 0.29) is 6.23 Å². The Labute approximate surface area is 112 Å². The van der Waals surface area contributed by atoms with Crippen molar-refractivity contribution in [3.05, 3.63) is 54.1 Å². The second-order valence-electron chi connectivity index (χ2n) is 4.20. The molecule has 0 radical (unpaired) electrons. The Bertz CT molecular complexity index is 571. The zero-order chi connectivity index (χ0) is 13.2. The number of hydrogen-bond donors (Lipinski definition) is 0. The van der Waals surface area contributed by atoms with Crippen molar-refractivity contribution in [1.82, 2.24) is 0 Å². The number of nitrogens with zero attached hydrogens (tertiary/aromatic N) is 1. The van der Waals surface area contributed by atoms with Gasteiger partial charge in [-0.25, -0.2) is 5.06 Å². The molecule has 0 saturated heterocycles. The van der Waals surface area contributed by atoms with E-state index in [2.05, 4.69) is 0 Å². The second-order valence-corrected chi connectivity index (χ2v) is 4.20. The molecule has 1 aliphatic heterocycles. The van der Waals surface area contributed by atoms with Crippen molar-refractivity contribution in [3.8, 4) is 11.5 Å². The van der Waals surface area contributed by atoms with Crippen molar-refractivity contribution in [2.75, 3.05) is 19.3 Å². The molecule has 2 aromatic carbocycles. The van der Waals surface area contributed by atoms with E-state index in [1.165, 1.54) is 0 Å². The number of hydrogen-bond acceptors (Lipinski definition) is 4. The van der Waals surface area contributed by atoms with Gasteiger partial charge in [-0.15, -0.1) is 0 Å². The van der Waals surface area contributed by atoms with E-state index in [1.807, 2.05) is 48.5 Å². The summed E-state index contributed by atoms with van der Waals surface area (Å²) in [5.74, 6) is 1.49. The molecule has 0 spiro atoms. The average Bonchev–Trinajstić information content (AvgIpc) is 2.86. The standard InChI is InChI=1S/C15H15NO3/c1-17-12-9-6-10-13-14(12)16(18-2)15(19-13)11-7-4-3-5-8-11/h3-10,15H,1-2H3. The van der Waals surface area contributed by atoms with Crippen LogP contribution in [0.15, 0.2) is 48.5 Å². The summed E-state index contributed by atoms with van der Waals surface area (Å²) in [4.78, 5) is 5.48. The number of ether oxygens (including phenoxy) is 2. The smallest absolute Gasteiger partial charge is 0.221 e. The van der Waals surface area contributed by atoms with Crippen LogP contribution in [0.3, 0.4) is 0 Å². The lowest BCUT2D eigenvalue weighted by Gasteiger charge is -2.23. The number of hydroxylamine groups is 1. The largest absolute Gasteiger partial charge is 0.494 e. The Kier molecular flexibility index (Phi) is 3.01. The van der Waals surface area contributed by atoms with Crippen molar-refractivity contribution in [2.24, 2.45) is 0 Å². The highest BCUT2D eigenvalue weighted by Gasteiger charge is 2.35. The van der Waals surface area contributed by atoms with Gasteiger partial charge in [-0.05, 0) is 12.1 Å². The average molecular weight is 257 g/mol. The molecule has 2 aromatic rings. The molecular formula is C15H15NO3. The fourth-order valence-electron chi connectivity index (χ4n) is 2.27. The van der Waals surface area contributed by atoms with Crippen molar-refractivity contribution >= 4 is 5.69 Å². The van der Waals surface area contributed by atoms with Gasteiger partial charge in [-0.1, -0.05) is 36.4 Å². The van der Waals surface area contributed by atoms with E-state index >= 15 is 0 Å². The van der Waals surface area contributed by atoms with Gasteiger partial charge in [-0.2, -0.15) is 0 Å². The summed E-state index contributed by atoms with van der Waals surface area (Å²) in [6.07, 6.45) is -0.294. The summed E-state index contributed by atoms with van der Waals surface area (Å²) in [6, 6.07) is 15.7. The first kappa shape index (κ1) is 11.9. The maximum Gasteiger partial charge on any atom is 0.221 e. The molecule has 1 heterocycles. The molecule has 0 bridgehead atoms. The lowest BCUT2D eigenvalue weighted by atomic mass is 10.2. The van der Waals surface area contributed by atoms with Crippen molar-refractivity contribution < 1.29 is 14.3 Å². The SMILES string of the molecule is COc1cccc2c1N(OC)C(c1ccccc1)O2. The lowest BCUT2D eigenvalue weighted by Crippen LogP contribution is -2.26. The van der Waals surface area contributed by atoms with Crippen LogP contribution < -0.4 is 14.5 Å². The maximum absolute atomic E-state index is 5.96. The molecule has 0 fully saturated rings. The monoisotopic (exact) mass is 257 g/mol. The highest BCUT2D eigenvalue weighted by atomic mass is 16.7. The summed E-state index contributed by atoms with van der Waals surface area (Å²) >= 11 is 0. The number of methoxy groups -OCH3 is 1. The summed E-state index contributed by atoms with van der Waals surface area (Å²) < 4.78 is 11.3. The van der Waals surface area contributed by atoms with Crippen LogP contribution in [0.25, 0.3) is 0 Å². The van der Waals surface area contributed by atoms with Crippen LogP contribution in [-0.2, 0) is 4.84 Å². The zero-order valence-corrected chi connectivity index (χ0v) is 10.9. The number of fused-ring (bicyclic) bond motifs is 1. The Morgan fingerprint density at radius 1 is 1.00 bits per heavy atom.